The molecule has 1 amide bonds. The number of carbonyl (C=O) groups excluding carboxylic acids is 1. The van der Waals surface area contributed by atoms with Crippen molar-refractivity contribution in [2.45, 2.75) is 26.7 Å². The monoisotopic (exact) mass is 318 g/mol. The zero-order valence-electron chi connectivity index (χ0n) is 13.0. The topological polar surface area (TPSA) is 62.2 Å². The third-order valence-corrected chi connectivity index (χ3v) is 4.39. The summed E-state index contributed by atoms with van der Waals surface area (Å²) in [5.41, 5.74) is 1.40. The van der Waals surface area contributed by atoms with Gasteiger partial charge in [0, 0.05) is 24.1 Å². The van der Waals surface area contributed by atoms with Gasteiger partial charge in [-0.25, -0.2) is 4.98 Å². The van der Waals surface area contributed by atoms with Crippen LogP contribution in [0.3, 0.4) is 0 Å². The summed E-state index contributed by atoms with van der Waals surface area (Å²) in [4.78, 5) is 16.5. The van der Waals surface area contributed by atoms with Crippen LogP contribution < -0.4 is 5.32 Å². The second-order valence-corrected chi connectivity index (χ2v) is 6.94. The molecule has 1 heterocycles. The Balaban J connectivity index is 1.85. The molecule has 0 saturated carbocycles. The lowest BCUT2D eigenvalue weighted by Crippen LogP contribution is -2.26. The van der Waals surface area contributed by atoms with Gasteiger partial charge in [0.15, 0.2) is 0 Å². The first kappa shape index (κ1) is 16.6. The Labute approximate surface area is 135 Å². The summed E-state index contributed by atoms with van der Waals surface area (Å²) < 4.78 is 0. The van der Waals surface area contributed by atoms with Gasteiger partial charge in [0.25, 0.3) is 5.91 Å². The summed E-state index contributed by atoms with van der Waals surface area (Å²) in [6, 6.07) is 9.84. The van der Waals surface area contributed by atoms with Crippen LogP contribution in [-0.2, 0) is 0 Å². The Morgan fingerprint density at radius 3 is 2.73 bits per heavy atom. The lowest BCUT2D eigenvalue weighted by atomic mass is 9.89. The van der Waals surface area contributed by atoms with Gasteiger partial charge >= 0.3 is 0 Å². The lowest BCUT2D eigenvalue weighted by molar-refractivity contribution is 0.0944. The maximum atomic E-state index is 12.1. The fraction of sp³-hybridized carbons (Fsp3) is 0.412. The highest BCUT2D eigenvalue weighted by atomic mass is 32.1. The van der Waals surface area contributed by atoms with Crippen LogP contribution in [-0.4, -0.2) is 29.1 Å². The first-order valence-corrected chi connectivity index (χ1v) is 8.30. The Morgan fingerprint density at radius 2 is 2.05 bits per heavy atom. The zero-order valence-corrected chi connectivity index (χ0v) is 13.8. The summed E-state index contributed by atoms with van der Waals surface area (Å²) >= 11 is 1.47. The number of carbonyl (C=O) groups is 1. The van der Waals surface area contributed by atoms with Crippen LogP contribution in [0.2, 0.25) is 0 Å². The molecule has 0 unspecified atom stereocenters. The van der Waals surface area contributed by atoms with Crippen molar-refractivity contribution in [3.8, 4) is 10.6 Å². The molecule has 0 bridgehead atoms. The number of thiazole rings is 1. The van der Waals surface area contributed by atoms with Crippen molar-refractivity contribution in [2.75, 3.05) is 13.2 Å². The molecule has 0 aliphatic rings. The van der Waals surface area contributed by atoms with Gasteiger partial charge in [0.05, 0.1) is 0 Å². The minimum Gasteiger partial charge on any atom is -0.396 e. The number of aromatic nitrogens is 1. The van der Waals surface area contributed by atoms with E-state index in [0.717, 1.165) is 23.4 Å². The van der Waals surface area contributed by atoms with E-state index in [0.29, 0.717) is 12.2 Å². The number of nitrogens with zero attached hydrogens (tertiary/aromatic N) is 1. The Kier molecular flexibility index (Phi) is 5.69. The molecule has 4 nitrogen and oxygen atoms in total. The molecule has 0 atom stereocenters. The second kappa shape index (κ2) is 7.51. The highest BCUT2D eigenvalue weighted by Crippen LogP contribution is 2.23. The maximum Gasteiger partial charge on any atom is 0.270 e. The molecule has 0 aliphatic carbocycles. The van der Waals surface area contributed by atoms with Crippen LogP contribution in [0.1, 0.15) is 37.2 Å². The molecule has 2 rings (SSSR count). The molecular weight excluding hydrogens is 296 g/mol. The third-order valence-electron chi connectivity index (χ3n) is 3.50. The molecular formula is C17H22N2O2S. The molecule has 2 N–H and O–H groups in total. The fourth-order valence-corrected chi connectivity index (χ4v) is 2.84. The van der Waals surface area contributed by atoms with E-state index in [4.69, 9.17) is 0 Å². The van der Waals surface area contributed by atoms with Gasteiger partial charge < -0.3 is 10.4 Å². The Hall–Kier alpha value is -1.72. The molecule has 2 aromatic rings. The van der Waals surface area contributed by atoms with Gasteiger partial charge in [-0.1, -0.05) is 44.2 Å². The summed E-state index contributed by atoms with van der Waals surface area (Å²) in [5, 5.41) is 14.7. The zero-order chi connectivity index (χ0) is 16.0. The molecule has 1 aromatic carbocycles. The number of rotatable bonds is 7. The Bertz CT molecular complexity index is 608. The van der Waals surface area contributed by atoms with E-state index >= 15 is 0 Å². The van der Waals surface area contributed by atoms with Gasteiger partial charge in [-0.2, -0.15) is 0 Å². The van der Waals surface area contributed by atoms with E-state index in [2.05, 4.69) is 10.3 Å². The van der Waals surface area contributed by atoms with E-state index in [1.54, 1.807) is 5.38 Å². The molecule has 5 heteroatoms. The predicted molar refractivity (Wildman–Crippen MR) is 90.0 cm³/mol. The van der Waals surface area contributed by atoms with E-state index in [1.807, 2.05) is 44.2 Å². The van der Waals surface area contributed by atoms with Crippen molar-refractivity contribution in [2.24, 2.45) is 5.41 Å². The number of amides is 1. The summed E-state index contributed by atoms with van der Waals surface area (Å²) in [5.74, 6) is -0.139. The predicted octanol–water partition coefficient (Wildman–Crippen LogP) is 3.34. The average molecular weight is 318 g/mol. The van der Waals surface area contributed by atoms with Gasteiger partial charge in [-0.3, -0.25) is 4.79 Å². The number of benzene rings is 1. The number of hydrogen-bond donors (Lipinski definition) is 2. The number of nitrogens with one attached hydrogen (secondary N) is 1. The molecule has 0 fully saturated rings. The van der Waals surface area contributed by atoms with Gasteiger partial charge in [0.1, 0.15) is 10.7 Å². The van der Waals surface area contributed by atoms with E-state index in [9.17, 15) is 9.90 Å². The number of aliphatic hydroxyl groups excluding tert-OH is 1. The highest BCUT2D eigenvalue weighted by molar-refractivity contribution is 7.13. The third kappa shape index (κ3) is 4.64. The first-order valence-electron chi connectivity index (χ1n) is 7.42. The van der Waals surface area contributed by atoms with Crippen molar-refractivity contribution in [1.82, 2.24) is 10.3 Å². The molecule has 0 aliphatic heterocycles. The summed E-state index contributed by atoms with van der Waals surface area (Å²) in [6.07, 6.45) is 1.71. The molecule has 0 spiro atoms. The fourth-order valence-electron chi connectivity index (χ4n) is 2.03. The van der Waals surface area contributed by atoms with Gasteiger partial charge in [-0.15, -0.1) is 11.3 Å². The quantitative estimate of drug-likeness (QED) is 0.770. The van der Waals surface area contributed by atoms with E-state index in [-0.39, 0.29) is 17.9 Å². The average Bonchev–Trinajstić information content (AvgIpc) is 3.02. The highest BCUT2D eigenvalue weighted by Gasteiger charge is 2.16. The second-order valence-electron chi connectivity index (χ2n) is 6.09. The largest absolute Gasteiger partial charge is 0.396 e. The SMILES string of the molecule is CC(C)(CO)CCCNC(=O)c1csc(-c2ccccc2)n1. The van der Waals surface area contributed by atoms with Crippen LogP contribution in [0, 0.1) is 5.41 Å². The smallest absolute Gasteiger partial charge is 0.270 e. The minimum absolute atomic E-state index is 0.0914. The van der Waals surface area contributed by atoms with E-state index < -0.39 is 0 Å². The van der Waals surface area contributed by atoms with Crippen LogP contribution in [0.15, 0.2) is 35.7 Å². The van der Waals surface area contributed by atoms with Crippen molar-refractivity contribution in [3.05, 3.63) is 41.4 Å². The van der Waals surface area contributed by atoms with Gasteiger partial charge in [-0.05, 0) is 18.3 Å². The Morgan fingerprint density at radius 1 is 1.32 bits per heavy atom. The van der Waals surface area contributed by atoms with Crippen molar-refractivity contribution >= 4 is 17.2 Å². The molecule has 1 aromatic heterocycles. The lowest BCUT2D eigenvalue weighted by Gasteiger charge is -2.21. The van der Waals surface area contributed by atoms with Gasteiger partial charge in [0.2, 0.25) is 0 Å². The minimum atomic E-state index is -0.139. The molecule has 0 radical (unpaired) electrons. The molecule has 0 saturated heterocycles. The molecule has 118 valence electrons. The standard InChI is InChI=1S/C17H22N2O2S/c1-17(2,12-20)9-6-10-18-15(21)14-11-22-16(19-14)13-7-4-3-5-8-13/h3-5,7-8,11,20H,6,9-10,12H2,1-2H3,(H,18,21). The van der Waals surface area contributed by atoms with Crippen molar-refractivity contribution < 1.29 is 9.90 Å². The normalized spacial score (nSPS) is 11.4. The maximum absolute atomic E-state index is 12.1. The summed E-state index contributed by atoms with van der Waals surface area (Å²) in [6.45, 7) is 4.79. The molecule has 22 heavy (non-hydrogen) atoms. The van der Waals surface area contributed by atoms with Crippen molar-refractivity contribution in [3.63, 3.8) is 0 Å². The van der Waals surface area contributed by atoms with Crippen LogP contribution in [0.25, 0.3) is 10.6 Å². The van der Waals surface area contributed by atoms with Crippen LogP contribution in [0.5, 0.6) is 0 Å². The van der Waals surface area contributed by atoms with Crippen LogP contribution >= 0.6 is 11.3 Å². The van der Waals surface area contributed by atoms with E-state index in [1.165, 1.54) is 11.3 Å². The first-order chi connectivity index (χ1) is 10.5. The number of hydrogen-bond acceptors (Lipinski definition) is 4. The number of aliphatic hydroxyl groups is 1. The van der Waals surface area contributed by atoms with Crippen LogP contribution in [0.4, 0.5) is 0 Å². The summed E-state index contributed by atoms with van der Waals surface area (Å²) in [7, 11) is 0. The van der Waals surface area contributed by atoms with Crippen molar-refractivity contribution in [1.29, 1.82) is 0 Å².